The van der Waals surface area contributed by atoms with Crippen molar-refractivity contribution in [2.24, 2.45) is 4.99 Å². The molecule has 0 aliphatic carbocycles. The Kier molecular flexibility index (Phi) is 10.0. The molecule has 0 aliphatic rings. The zero-order valence-electron chi connectivity index (χ0n) is 15.5. The van der Waals surface area contributed by atoms with Crippen LogP contribution in [0.3, 0.4) is 0 Å². The van der Waals surface area contributed by atoms with Gasteiger partial charge in [-0.2, -0.15) is 8.78 Å². The number of aromatic nitrogens is 1. The van der Waals surface area contributed by atoms with Gasteiger partial charge >= 0.3 is 6.61 Å². The van der Waals surface area contributed by atoms with E-state index in [1.807, 2.05) is 12.3 Å². The number of hydrogen-bond donors (Lipinski definition) is 3. The minimum Gasteiger partial charge on any atom is -0.435 e. The average Bonchev–Trinajstić information content (AvgIpc) is 3.19. The van der Waals surface area contributed by atoms with Crippen LogP contribution in [-0.4, -0.2) is 48.0 Å². The number of aliphatic hydroxyl groups excluding tert-OH is 1. The third-order valence-corrected chi connectivity index (χ3v) is 5.56. The quantitative estimate of drug-likeness (QED) is 0.219. The van der Waals surface area contributed by atoms with Gasteiger partial charge < -0.3 is 20.5 Å². The Hall–Kier alpha value is -1.91. The molecule has 1 aromatic carbocycles. The van der Waals surface area contributed by atoms with E-state index in [2.05, 4.69) is 25.3 Å². The summed E-state index contributed by atoms with van der Waals surface area (Å²) in [5.41, 5.74) is 0.584. The normalized spacial score (nSPS) is 12.8. The number of hydrogen-bond acceptors (Lipinski definition) is 6. The molecule has 0 saturated heterocycles. The molecule has 1 aromatic heterocycles. The molecule has 2 aromatic rings. The number of guanidine groups is 1. The smallest absolute Gasteiger partial charge is 0.387 e. The monoisotopic (exact) mass is 430 g/mol. The first-order valence-corrected chi connectivity index (χ1v) is 10.7. The van der Waals surface area contributed by atoms with E-state index in [1.54, 1.807) is 41.4 Å². The molecule has 6 nitrogen and oxygen atoms in total. The van der Waals surface area contributed by atoms with Crippen molar-refractivity contribution >= 4 is 29.1 Å². The van der Waals surface area contributed by atoms with Crippen LogP contribution in [0, 0.1) is 0 Å². The Labute approximate surface area is 171 Å². The maximum Gasteiger partial charge on any atom is 0.387 e. The SMILES string of the molecule is CCNC(=NCC(O)c1ccc(OC(F)F)cc1)NCCCSc1nccs1. The molecule has 0 radical (unpaired) electrons. The van der Waals surface area contributed by atoms with Crippen LogP contribution in [0.4, 0.5) is 8.78 Å². The molecule has 0 aliphatic heterocycles. The van der Waals surface area contributed by atoms with E-state index in [-0.39, 0.29) is 12.3 Å². The van der Waals surface area contributed by atoms with E-state index in [9.17, 15) is 13.9 Å². The number of ether oxygens (including phenoxy) is 1. The highest BCUT2D eigenvalue weighted by molar-refractivity contribution is 8.00. The van der Waals surface area contributed by atoms with Crippen LogP contribution in [0.2, 0.25) is 0 Å². The molecule has 0 spiro atoms. The molecule has 0 bridgehead atoms. The van der Waals surface area contributed by atoms with Gasteiger partial charge in [0.15, 0.2) is 5.96 Å². The summed E-state index contributed by atoms with van der Waals surface area (Å²) in [5.74, 6) is 1.63. The summed E-state index contributed by atoms with van der Waals surface area (Å²) in [6.45, 7) is 0.704. The molecule has 1 heterocycles. The van der Waals surface area contributed by atoms with Gasteiger partial charge in [0, 0.05) is 30.4 Å². The van der Waals surface area contributed by atoms with Crippen molar-refractivity contribution in [2.75, 3.05) is 25.4 Å². The second-order valence-corrected chi connectivity index (χ2v) is 7.85. The molecule has 10 heteroatoms. The Morgan fingerprint density at radius 1 is 1.32 bits per heavy atom. The van der Waals surface area contributed by atoms with Gasteiger partial charge in [-0.1, -0.05) is 23.9 Å². The number of aliphatic hydroxyl groups is 1. The van der Waals surface area contributed by atoms with E-state index >= 15 is 0 Å². The van der Waals surface area contributed by atoms with Crippen LogP contribution in [-0.2, 0) is 0 Å². The van der Waals surface area contributed by atoms with Crippen molar-refractivity contribution < 1.29 is 18.6 Å². The Balaban J connectivity index is 1.76. The summed E-state index contributed by atoms with van der Waals surface area (Å²) in [6, 6.07) is 5.90. The molecule has 154 valence electrons. The lowest BCUT2D eigenvalue weighted by Gasteiger charge is -2.13. The summed E-state index contributed by atoms with van der Waals surface area (Å²) in [7, 11) is 0. The number of alkyl halides is 2. The highest BCUT2D eigenvalue weighted by atomic mass is 32.2. The first kappa shape index (κ1) is 22.4. The van der Waals surface area contributed by atoms with E-state index in [0.717, 1.165) is 23.1 Å². The average molecular weight is 431 g/mol. The van der Waals surface area contributed by atoms with Crippen LogP contribution in [0.1, 0.15) is 25.0 Å². The number of aliphatic imine (C=N–C) groups is 1. The van der Waals surface area contributed by atoms with E-state index in [0.29, 0.717) is 18.1 Å². The number of nitrogens with one attached hydrogen (secondary N) is 2. The van der Waals surface area contributed by atoms with Crippen LogP contribution in [0.25, 0.3) is 0 Å². The first-order chi connectivity index (χ1) is 13.6. The predicted molar refractivity (Wildman–Crippen MR) is 109 cm³/mol. The van der Waals surface area contributed by atoms with Crippen LogP contribution >= 0.6 is 23.1 Å². The maximum absolute atomic E-state index is 12.2. The van der Waals surface area contributed by atoms with Crippen molar-refractivity contribution in [1.29, 1.82) is 0 Å². The van der Waals surface area contributed by atoms with E-state index in [1.165, 1.54) is 12.1 Å². The molecule has 2 rings (SSSR count). The zero-order valence-corrected chi connectivity index (χ0v) is 17.1. The highest BCUT2D eigenvalue weighted by Crippen LogP contribution is 2.21. The first-order valence-electron chi connectivity index (χ1n) is 8.85. The van der Waals surface area contributed by atoms with E-state index in [4.69, 9.17) is 0 Å². The number of halogens is 2. The summed E-state index contributed by atoms with van der Waals surface area (Å²) >= 11 is 3.35. The lowest BCUT2D eigenvalue weighted by atomic mass is 10.1. The van der Waals surface area contributed by atoms with Gasteiger partial charge in [0.05, 0.1) is 12.6 Å². The lowest BCUT2D eigenvalue weighted by molar-refractivity contribution is -0.0498. The zero-order chi connectivity index (χ0) is 20.2. The summed E-state index contributed by atoms with van der Waals surface area (Å²) < 4.78 is 29.7. The van der Waals surface area contributed by atoms with Gasteiger partial charge in [0.25, 0.3) is 0 Å². The van der Waals surface area contributed by atoms with Gasteiger partial charge in [0.2, 0.25) is 0 Å². The van der Waals surface area contributed by atoms with Crippen molar-refractivity contribution in [1.82, 2.24) is 15.6 Å². The van der Waals surface area contributed by atoms with Crippen LogP contribution in [0.5, 0.6) is 5.75 Å². The van der Waals surface area contributed by atoms with Crippen molar-refractivity contribution in [3.8, 4) is 5.75 Å². The van der Waals surface area contributed by atoms with Crippen molar-refractivity contribution in [2.45, 2.75) is 30.4 Å². The van der Waals surface area contributed by atoms with Crippen molar-refractivity contribution in [3.05, 3.63) is 41.4 Å². The molecule has 0 fully saturated rings. The summed E-state index contributed by atoms with van der Waals surface area (Å²) in [5, 5.41) is 18.6. The number of thiazole rings is 1. The van der Waals surface area contributed by atoms with Crippen LogP contribution < -0.4 is 15.4 Å². The molecular weight excluding hydrogens is 406 g/mol. The minimum absolute atomic E-state index is 0.0556. The molecular formula is C18H24F2N4O2S2. The van der Waals surface area contributed by atoms with Gasteiger partial charge in [0.1, 0.15) is 10.1 Å². The number of rotatable bonds is 11. The Morgan fingerprint density at radius 2 is 2.11 bits per heavy atom. The summed E-state index contributed by atoms with van der Waals surface area (Å²) in [6.07, 6.45) is 1.91. The minimum atomic E-state index is -2.87. The van der Waals surface area contributed by atoms with Gasteiger partial charge in [-0.05, 0) is 31.0 Å². The lowest BCUT2D eigenvalue weighted by Crippen LogP contribution is -2.38. The molecule has 1 unspecified atom stereocenters. The number of benzene rings is 1. The molecule has 3 N–H and O–H groups in total. The molecule has 1 atom stereocenters. The van der Waals surface area contributed by atoms with Gasteiger partial charge in [-0.15, -0.1) is 11.3 Å². The third-order valence-electron chi connectivity index (χ3n) is 3.51. The maximum atomic E-state index is 12.2. The molecule has 0 amide bonds. The standard InChI is InChI=1S/C18H24F2N4O2S2/c1-2-21-17(22-8-3-10-27-18-23-9-11-28-18)24-12-15(25)13-4-6-14(7-5-13)26-16(19)20/h4-7,9,11,15-16,25H,2-3,8,10,12H2,1H3,(H2,21,22,24). The Morgan fingerprint density at radius 3 is 2.75 bits per heavy atom. The molecule has 0 saturated carbocycles. The topological polar surface area (TPSA) is 78.8 Å². The van der Waals surface area contributed by atoms with E-state index < -0.39 is 12.7 Å². The van der Waals surface area contributed by atoms with Crippen molar-refractivity contribution in [3.63, 3.8) is 0 Å². The van der Waals surface area contributed by atoms with Crippen LogP contribution in [0.15, 0.2) is 45.2 Å². The fourth-order valence-corrected chi connectivity index (χ4v) is 3.86. The number of nitrogens with zero attached hydrogens (tertiary/aromatic N) is 2. The summed E-state index contributed by atoms with van der Waals surface area (Å²) in [4.78, 5) is 8.61. The fraction of sp³-hybridized carbons (Fsp3) is 0.444. The highest BCUT2D eigenvalue weighted by Gasteiger charge is 2.09. The van der Waals surface area contributed by atoms with Gasteiger partial charge in [-0.25, -0.2) is 4.98 Å². The number of thioether (sulfide) groups is 1. The second-order valence-electron chi connectivity index (χ2n) is 5.61. The largest absolute Gasteiger partial charge is 0.435 e. The second kappa shape index (κ2) is 12.5. The fourth-order valence-electron chi connectivity index (χ4n) is 2.22. The predicted octanol–water partition coefficient (Wildman–Crippen LogP) is 3.52. The Bertz CT molecular complexity index is 700. The van der Waals surface area contributed by atoms with Gasteiger partial charge in [-0.3, -0.25) is 4.99 Å². The third kappa shape index (κ3) is 8.41. The molecule has 28 heavy (non-hydrogen) atoms.